The van der Waals surface area contributed by atoms with E-state index in [4.69, 9.17) is 4.52 Å². The van der Waals surface area contributed by atoms with Gasteiger partial charge in [-0.1, -0.05) is 17.3 Å². The van der Waals surface area contributed by atoms with Gasteiger partial charge in [-0.05, 0) is 43.2 Å². The third-order valence-corrected chi connectivity index (χ3v) is 4.89. The number of aromatic hydroxyl groups is 1. The number of piperazine rings is 1. The van der Waals surface area contributed by atoms with Gasteiger partial charge in [-0.15, -0.1) is 0 Å². The fraction of sp³-hybridized carbons (Fsp3) is 0.350. The summed E-state index contributed by atoms with van der Waals surface area (Å²) in [7, 11) is 0. The molecule has 0 atom stereocenters. The van der Waals surface area contributed by atoms with Crippen molar-refractivity contribution in [2.45, 2.75) is 20.4 Å². The number of benzene rings is 1. The van der Waals surface area contributed by atoms with E-state index in [2.05, 4.69) is 31.0 Å². The quantitative estimate of drug-likeness (QED) is 0.761. The first-order chi connectivity index (χ1) is 13.1. The van der Waals surface area contributed by atoms with Gasteiger partial charge in [0.2, 0.25) is 0 Å². The molecule has 1 N–H and O–H groups in total. The highest BCUT2D eigenvalue weighted by Gasteiger charge is 2.18. The van der Waals surface area contributed by atoms with Crippen molar-refractivity contribution in [2.24, 2.45) is 0 Å². The first-order valence-electron chi connectivity index (χ1n) is 9.11. The molecule has 0 saturated carbocycles. The van der Waals surface area contributed by atoms with E-state index in [1.165, 1.54) is 5.56 Å². The molecule has 0 amide bonds. The normalized spacial score (nSPS) is 15.3. The van der Waals surface area contributed by atoms with E-state index >= 15 is 0 Å². The van der Waals surface area contributed by atoms with Gasteiger partial charge in [0.1, 0.15) is 11.6 Å². The van der Waals surface area contributed by atoms with E-state index in [1.807, 2.05) is 25.1 Å². The van der Waals surface area contributed by atoms with Gasteiger partial charge >= 0.3 is 0 Å². The summed E-state index contributed by atoms with van der Waals surface area (Å²) in [5, 5.41) is 13.5. The zero-order chi connectivity index (χ0) is 18.8. The molecular weight excluding hydrogens is 342 g/mol. The minimum atomic E-state index is 0.355. The van der Waals surface area contributed by atoms with Crippen LogP contribution in [0.2, 0.25) is 0 Å². The van der Waals surface area contributed by atoms with E-state index in [-0.39, 0.29) is 0 Å². The van der Waals surface area contributed by atoms with E-state index < -0.39 is 0 Å². The van der Waals surface area contributed by atoms with Crippen LogP contribution in [0.1, 0.15) is 17.0 Å². The minimum Gasteiger partial charge on any atom is -0.508 e. The van der Waals surface area contributed by atoms with E-state index in [1.54, 1.807) is 19.2 Å². The van der Waals surface area contributed by atoms with Crippen molar-refractivity contribution in [2.75, 3.05) is 31.1 Å². The second-order valence-corrected chi connectivity index (χ2v) is 6.94. The maximum absolute atomic E-state index is 9.66. The number of pyridine rings is 1. The number of aryl methyl sites for hydroxylation is 2. The van der Waals surface area contributed by atoms with Gasteiger partial charge in [0.15, 0.2) is 5.82 Å². The topological polar surface area (TPSA) is 78.5 Å². The van der Waals surface area contributed by atoms with Gasteiger partial charge in [-0.3, -0.25) is 4.90 Å². The summed E-state index contributed by atoms with van der Waals surface area (Å²) in [5.74, 6) is 2.44. The van der Waals surface area contributed by atoms with Gasteiger partial charge in [0, 0.05) is 38.9 Å². The Kier molecular flexibility index (Phi) is 4.77. The number of anilines is 1. The van der Waals surface area contributed by atoms with Gasteiger partial charge in [0.25, 0.3) is 5.89 Å². The SMILES string of the molecule is Cc1noc(-c2ccc(N3CCN(Cc4ccc(O)c(C)c4)CC3)nc2)n1. The number of aromatic nitrogens is 3. The molecule has 1 aromatic carbocycles. The van der Waals surface area contributed by atoms with Crippen molar-refractivity contribution in [1.82, 2.24) is 20.0 Å². The largest absolute Gasteiger partial charge is 0.508 e. The van der Waals surface area contributed by atoms with Crippen LogP contribution in [0.4, 0.5) is 5.82 Å². The molecule has 27 heavy (non-hydrogen) atoms. The molecule has 3 heterocycles. The van der Waals surface area contributed by atoms with E-state index in [0.717, 1.165) is 49.7 Å². The highest BCUT2D eigenvalue weighted by atomic mass is 16.5. The van der Waals surface area contributed by atoms with Crippen LogP contribution in [0.3, 0.4) is 0 Å². The van der Waals surface area contributed by atoms with Crippen molar-refractivity contribution in [3.63, 3.8) is 0 Å². The van der Waals surface area contributed by atoms with Crippen molar-refractivity contribution in [1.29, 1.82) is 0 Å². The van der Waals surface area contributed by atoms with Gasteiger partial charge in [-0.25, -0.2) is 4.98 Å². The zero-order valence-corrected chi connectivity index (χ0v) is 15.6. The Hall–Kier alpha value is -2.93. The summed E-state index contributed by atoms with van der Waals surface area (Å²) in [6, 6.07) is 9.81. The summed E-state index contributed by atoms with van der Waals surface area (Å²) in [4.78, 5) is 13.5. The molecule has 0 spiro atoms. The first-order valence-corrected chi connectivity index (χ1v) is 9.11. The lowest BCUT2D eigenvalue weighted by Gasteiger charge is -2.35. The molecule has 0 unspecified atom stereocenters. The number of hydrogen-bond donors (Lipinski definition) is 1. The molecule has 1 aliphatic rings. The fourth-order valence-corrected chi connectivity index (χ4v) is 3.32. The van der Waals surface area contributed by atoms with Crippen LogP contribution in [-0.4, -0.2) is 51.3 Å². The number of rotatable bonds is 4. The van der Waals surface area contributed by atoms with Crippen molar-refractivity contribution in [3.05, 3.63) is 53.5 Å². The van der Waals surface area contributed by atoms with Crippen LogP contribution in [-0.2, 0) is 6.54 Å². The Labute approximate surface area is 158 Å². The summed E-state index contributed by atoms with van der Waals surface area (Å²) in [5.41, 5.74) is 2.99. The molecule has 0 bridgehead atoms. The molecular formula is C20H23N5O2. The number of phenols is 1. The fourth-order valence-electron chi connectivity index (χ4n) is 3.32. The first kappa shape index (κ1) is 17.5. The summed E-state index contributed by atoms with van der Waals surface area (Å²) < 4.78 is 5.19. The molecule has 7 nitrogen and oxygen atoms in total. The number of hydrogen-bond acceptors (Lipinski definition) is 7. The predicted molar refractivity (Wildman–Crippen MR) is 103 cm³/mol. The lowest BCUT2D eigenvalue weighted by Crippen LogP contribution is -2.46. The number of phenolic OH excluding ortho intramolecular Hbond substituents is 1. The van der Waals surface area contributed by atoms with E-state index in [9.17, 15) is 5.11 Å². The summed E-state index contributed by atoms with van der Waals surface area (Å²) >= 11 is 0. The molecule has 7 heteroatoms. The molecule has 1 fully saturated rings. The Morgan fingerprint density at radius 2 is 1.89 bits per heavy atom. The van der Waals surface area contributed by atoms with Crippen molar-refractivity contribution in [3.8, 4) is 17.2 Å². The van der Waals surface area contributed by atoms with E-state index in [0.29, 0.717) is 17.5 Å². The summed E-state index contributed by atoms with van der Waals surface area (Å²) in [6.45, 7) is 8.46. The Balaban J connectivity index is 1.35. The second kappa shape index (κ2) is 7.36. The smallest absolute Gasteiger partial charge is 0.259 e. The van der Waals surface area contributed by atoms with Crippen molar-refractivity contribution >= 4 is 5.82 Å². The maximum atomic E-state index is 9.66. The third kappa shape index (κ3) is 3.93. The summed E-state index contributed by atoms with van der Waals surface area (Å²) in [6.07, 6.45) is 1.79. The lowest BCUT2D eigenvalue weighted by molar-refractivity contribution is 0.249. The minimum absolute atomic E-state index is 0.355. The zero-order valence-electron chi connectivity index (χ0n) is 15.6. The average Bonchev–Trinajstić information content (AvgIpc) is 3.12. The standard InChI is InChI=1S/C20H23N5O2/c1-14-11-16(3-5-18(14)26)13-24-7-9-25(10-8-24)19-6-4-17(12-21-19)20-22-15(2)23-27-20/h3-6,11-12,26H,7-10,13H2,1-2H3. The van der Waals surface area contributed by atoms with Gasteiger partial charge < -0.3 is 14.5 Å². The monoisotopic (exact) mass is 365 g/mol. The van der Waals surface area contributed by atoms with Crippen molar-refractivity contribution < 1.29 is 9.63 Å². The van der Waals surface area contributed by atoms with Gasteiger partial charge in [0.05, 0.1) is 5.56 Å². The van der Waals surface area contributed by atoms with Crippen LogP contribution in [0.25, 0.3) is 11.5 Å². The molecule has 140 valence electrons. The third-order valence-electron chi connectivity index (χ3n) is 4.89. The van der Waals surface area contributed by atoms with Gasteiger partial charge in [-0.2, -0.15) is 4.98 Å². The molecule has 4 rings (SSSR count). The molecule has 1 saturated heterocycles. The Morgan fingerprint density at radius 3 is 2.52 bits per heavy atom. The molecule has 0 radical (unpaired) electrons. The average molecular weight is 365 g/mol. The predicted octanol–water partition coefficient (Wildman–Crippen LogP) is 2.78. The van der Waals surface area contributed by atoms with Crippen LogP contribution < -0.4 is 4.90 Å². The van der Waals surface area contributed by atoms with Crippen LogP contribution in [0.5, 0.6) is 5.75 Å². The maximum Gasteiger partial charge on any atom is 0.259 e. The molecule has 0 aliphatic carbocycles. The van der Waals surface area contributed by atoms with Crippen LogP contribution in [0, 0.1) is 13.8 Å². The highest BCUT2D eigenvalue weighted by molar-refractivity contribution is 5.54. The molecule has 2 aromatic heterocycles. The highest BCUT2D eigenvalue weighted by Crippen LogP contribution is 2.22. The lowest BCUT2D eigenvalue weighted by atomic mass is 10.1. The van der Waals surface area contributed by atoms with Crippen LogP contribution in [0.15, 0.2) is 41.1 Å². The Bertz CT molecular complexity index is 914. The number of nitrogens with zero attached hydrogens (tertiary/aromatic N) is 5. The molecule has 1 aliphatic heterocycles. The van der Waals surface area contributed by atoms with Crippen LogP contribution >= 0.6 is 0 Å². The molecule has 3 aromatic rings. The second-order valence-electron chi connectivity index (χ2n) is 6.94. The Morgan fingerprint density at radius 1 is 1.07 bits per heavy atom.